The van der Waals surface area contributed by atoms with Gasteiger partial charge in [0.25, 0.3) is 0 Å². The molecular formula is C27H24N2O3. The van der Waals surface area contributed by atoms with Crippen molar-refractivity contribution in [3.8, 4) is 0 Å². The van der Waals surface area contributed by atoms with Crippen LogP contribution >= 0.6 is 0 Å². The van der Waals surface area contributed by atoms with Gasteiger partial charge in [0.2, 0.25) is 5.91 Å². The van der Waals surface area contributed by atoms with E-state index in [0.29, 0.717) is 12.0 Å². The average Bonchev–Trinajstić information content (AvgIpc) is 2.84. The number of ether oxygens (including phenoxy) is 1. The molecule has 0 bridgehead atoms. The second-order valence-corrected chi connectivity index (χ2v) is 7.57. The zero-order valence-electron chi connectivity index (χ0n) is 17.8. The molecule has 5 heteroatoms. The number of nitrogens with one attached hydrogen (secondary N) is 1. The van der Waals surface area contributed by atoms with Crippen molar-refractivity contribution in [1.29, 1.82) is 0 Å². The molecule has 0 unspecified atom stereocenters. The number of benzene rings is 3. The maximum Gasteiger partial charge on any atom is 0.338 e. The number of anilines is 1. The Balaban J connectivity index is 1.39. The molecule has 32 heavy (non-hydrogen) atoms. The number of nitrogens with zero attached hydrogens (tertiary/aromatic N) is 1. The summed E-state index contributed by atoms with van der Waals surface area (Å²) >= 11 is 0. The lowest BCUT2D eigenvalue weighted by atomic mass is 9.94. The molecule has 160 valence electrons. The molecule has 1 aromatic heterocycles. The van der Waals surface area contributed by atoms with Crippen LogP contribution in [0.5, 0.6) is 0 Å². The minimum atomic E-state index is -0.355. The van der Waals surface area contributed by atoms with E-state index in [2.05, 4.69) is 10.3 Å². The number of fused-ring (bicyclic) bond motifs is 1. The van der Waals surface area contributed by atoms with E-state index >= 15 is 0 Å². The van der Waals surface area contributed by atoms with E-state index in [9.17, 15) is 9.59 Å². The van der Waals surface area contributed by atoms with Crippen molar-refractivity contribution < 1.29 is 14.3 Å². The summed E-state index contributed by atoms with van der Waals surface area (Å²) in [6.45, 7) is 2.18. The molecule has 0 aliphatic carbocycles. The van der Waals surface area contributed by atoms with Gasteiger partial charge >= 0.3 is 5.97 Å². The smallest absolute Gasteiger partial charge is 0.338 e. The van der Waals surface area contributed by atoms with Crippen molar-refractivity contribution in [3.05, 3.63) is 108 Å². The van der Waals surface area contributed by atoms with Crippen LogP contribution in [0.3, 0.4) is 0 Å². The molecule has 1 N–H and O–H groups in total. The minimum Gasteiger partial charge on any atom is -0.457 e. The molecule has 0 saturated heterocycles. The van der Waals surface area contributed by atoms with Gasteiger partial charge in [-0.3, -0.25) is 9.78 Å². The van der Waals surface area contributed by atoms with Crippen LogP contribution in [0.1, 0.15) is 40.7 Å². The van der Waals surface area contributed by atoms with E-state index in [1.165, 1.54) is 0 Å². The van der Waals surface area contributed by atoms with Crippen LogP contribution < -0.4 is 5.32 Å². The van der Waals surface area contributed by atoms with Gasteiger partial charge in [-0.25, -0.2) is 4.79 Å². The Labute approximate surface area is 187 Å². The van der Waals surface area contributed by atoms with E-state index in [4.69, 9.17) is 4.74 Å². The highest BCUT2D eigenvalue weighted by Gasteiger charge is 2.19. The first-order valence-electron chi connectivity index (χ1n) is 10.6. The zero-order chi connectivity index (χ0) is 22.3. The second kappa shape index (κ2) is 9.88. The number of carbonyl (C=O) groups is 2. The van der Waals surface area contributed by atoms with Gasteiger partial charge in [0.15, 0.2) is 0 Å². The highest BCUT2D eigenvalue weighted by molar-refractivity contribution is 5.98. The number of hydrogen-bond donors (Lipinski definition) is 1. The van der Waals surface area contributed by atoms with E-state index in [1.807, 2.05) is 61.5 Å². The molecule has 0 radical (unpaired) electrons. The van der Waals surface area contributed by atoms with Crippen LogP contribution in [0.4, 0.5) is 5.69 Å². The molecule has 4 rings (SSSR count). The largest absolute Gasteiger partial charge is 0.457 e. The maximum absolute atomic E-state index is 12.9. The average molecular weight is 425 g/mol. The van der Waals surface area contributed by atoms with Gasteiger partial charge < -0.3 is 10.1 Å². The molecule has 1 atom stereocenters. The second-order valence-electron chi connectivity index (χ2n) is 7.57. The SMILES string of the molecule is CC[C@H](C(=O)Nc1ccc2cnccc2c1)c1ccc(COC(=O)c2ccccc2)cc1. The van der Waals surface area contributed by atoms with Crippen LogP contribution in [-0.4, -0.2) is 16.9 Å². The lowest BCUT2D eigenvalue weighted by Gasteiger charge is -2.16. The lowest BCUT2D eigenvalue weighted by Crippen LogP contribution is -2.20. The quantitative estimate of drug-likeness (QED) is 0.385. The molecule has 5 nitrogen and oxygen atoms in total. The predicted molar refractivity (Wildman–Crippen MR) is 125 cm³/mol. The van der Waals surface area contributed by atoms with Crippen molar-refractivity contribution in [1.82, 2.24) is 4.98 Å². The number of rotatable bonds is 7. The van der Waals surface area contributed by atoms with Gasteiger partial charge in [0.1, 0.15) is 6.61 Å². The summed E-state index contributed by atoms with van der Waals surface area (Å²) in [5, 5.41) is 5.08. The Kier molecular flexibility index (Phi) is 6.56. The van der Waals surface area contributed by atoms with Gasteiger partial charge in [-0.15, -0.1) is 0 Å². The first-order valence-corrected chi connectivity index (χ1v) is 10.6. The molecule has 0 aliphatic heterocycles. The zero-order valence-corrected chi connectivity index (χ0v) is 17.8. The molecule has 0 saturated carbocycles. The van der Waals surface area contributed by atoms with E-state index in [0.717, 1.165) is 27.6 Å². The molecule has 4 aromatic rings. The van der Waals surface area contributed by atoms with Gasteiger partial charge in [-0.1, -0.05) is 55.5 Å². The number of pyridine rings is 1. The summed E-state index contributed by atoms with van der Waals surface area (Å²) in [6.07, 6.45) is 4.21. The van der Waals surface area contributed by atoms with Crippen LogP contribution in [0.2, 0.25) is 0 Å². The Morgan fingerprint density at radius 2 is 1.72 bits per heavy atom. The normalized spacial score (nSPS) is 11.7. The predicted octanol–water partition coefficient (Wildman–Crippen LogP) is 5.72. The Morgan fingerprint density at radius 3 is 2.47 bits per heavy atom. The Morgan fingerprint density at radius 1 is 0.938 bits per heavy atom. The molecule has 3 aromatic carbocycles. The summed E-state index contributed by atoms with van der Waals surface area (Å²) < 4.78 is 5.38. The van der Waals surface area contributed by atoms with Crippen molar-refractivity contribution in [3.63, 3.8) is 0 Å². The molecule has 1 amide bonds. The van der Waals surface area contributed by atoms with E-state index in [-0.39, 0.29) is 24.4 Å². The molecule has 0 spiro atoms. The number of esters is 1. The van der Waals surface area contributed by atoms with Crippen LogP contribution in [0.15, 0.2) is 91.3 Å². The molecular weight excluding hydrogens is 400 g/mol. The highest BCUT2D eigenvalue weighted by atomic mass is 16.5. The summed E-state index contributed by atoms with van der Waals surface area (Å²) in [7, 11) is 0. The third-order valence-electron chi connectivity index (χ3n) is 5.39. The van der Waals surface area contributed by atoms with Gasteiger partial charge in [-0.2, -0.15) is 0 Å². The van der Waals surface area contributed by atoms with E-state index < -0.39 is 0 Å². The number of carbonyl (C=O) groups excluding carboxylic acids is 2. The van der Waals surface area contributed by atoms with Crippen molar-refractivity contribution >= 4 is 28.3 Å². The van der Waals surface area contributed by atoms with Crippen molar-refractivity contribution in [2.24, 2.45) is 0 Å². The fourth-order valence-corrected chi connectivity index (χ4v) is 3.62. The lowest BCUT2D eigenvalue weighted by molar-refractivity contribution is -0.117. The van der Waals surface area contributed by atoms with Crippen molar-refractivity contribution in [2.75, 3.05) is 5.32 Å². The highest BCUT2D eigenvalue weighted by Crippen LogP contribution is 2.24. The molecule has 0 aliphatic rings. The maximum atomic E-state index is 12.9. The molecule has 0 fully saturated rings. The van der Waals surface area contributed by atoms with Crippen LogP contribution in [0, 0.1) is 0 Å². The van der Waals surface area contributed by atoms with Crippen LogP contribution in [0.25, 0.3) is 10.8 Å². The summed E-state index contributed by atoms with van der Waals surface area (Å²) in [5.74, 6) is -0.681. The molecule has 1 heterocycles. The minimum absolute atomic E-state index is 0.0517. The van der Waals surface area contributed by atoms with Gasteiger partial charge in [0, 0.05) is 23.5 Å². The summed E-state index contributed by atoms with van der Waals surface area (Å²) in [6, 6.07) is 24.3. The van der Waals surface area contributed by atoms with Crippen LogP contribution in [-0.2, 0) is 16.1 Å². The summed E-state index contributed by atoms with van der Waals surface area (Å²) in [4.78, 5) is 29.2. The number of aromatic nitrogens is 1. The fraction of sp³-hybridized carbons (Fsp3) is 0.148. The number of hydrogen-bond acceptors (Lipinski definition) is 4. The fourth-order valence-electron chi connectivity index (χ4n) is 3.62. The van der Waals surface area contributed by atoms with Gasteiger partial charge in [-0.05, 0) is 53.3 Å². The van der Waals surface area contributed by atoms with Crippen molar-refractivity contribution in [2.45, 2.75) is 25.9 Å². The first-order chi connectivity index (χ1) is 15.6. The first kappa shape index (κ1) is 21.2. The summed E-state index contributed by atoms with van der Waals surface area (Å²) in [5.41, 5.74) is 3.08. The third kappa shape index (κ3) is 5.01. The Hall–Kier alpha value is -3.99. The Bertz CT molecular complexity index is 1220. The topological polar surface area (TPSA) is 68.3 Å². The monoisotopic (exact) mass is 424 g/mol. The third-order valence-corrected chi connectivity index (χ3v) is 5.39. The van der Waals surface area contributed by atoms with Gasteiger partial charge in [0.05, 0.1) is 11.5 Å². The number of amides is 1. The standard InChI is InChI=1S/C27H24N2O3/c1-2-25(26(30)29-24-13-12-23-17-28-15-14-22(23)16-24)20-10-8-19(9-11-20)18-32-27(31)21-6-4-3-5-7-21/h3-17,25H,2,18H2,1H3,(H,29,30)/t25-/m0/s1. The van der Waals surface area contributed by atoms with E-state index in [1.54, 1.807) is 36.7 Å².